The van der Waals surface area contributed by atoms with Crippen molar-refractivity contribution >= 4 is 5.91 Å². The van der Waals surface area contributed by atoms with Crippen molar-refractivity contribution in [2.45, 2.75) is 51.6 Å². The fraction of sp³-hybridized carbons (Fsp3) is 0.632. The van der Waals surface area contributed by atoms with E-state index in [1.54, 1.807) is 0 Å². The summed E-state index contributed by atoms with van der Waals surface area (Å²) in [6.45, 7) is 4.27. The molecule has 0 radical (unpaired) electrons. The molecular weight excluding hydrogens is 274 g/mol. The molecule has 3 nitrogen and oxygen atoms in total. The standard InChI is InChI=1S/C19H27NO2/c1-2-15-8-10-16(11-9-15)18-14-20(12-13-22-18)19(21)17-6-4-3-5-7-17/h8-11,17-18H,2-7,12-14H2,1H3. The lowest BCUT2D eigenvalue weighted by Crippen LogP contribution is -2.45. The van der Waals surface area contributed by atoms with E-state index in [0.29, 0.717) is 19.1 Å². The number of amides is 1. The van der Waals surface area contributed by atoms with Gasteiger partial charge in [-0.3, -0.25) is 4.79 Å². The van der Waals surface area contributed by atoms with Crippen molar-refractivity contribution in [3.63, 3.8) is 0 Å². The molecular formula is C19H27NO2. The molecule has 1 saturated heterocycles. The largest absolute Gasteiger partial charge is 0.370 e. The molecule has 1 aromatic rings. The first-order chi connectivity index (χ1) is 10.8. The number of ether oxygens (including phenoxy) is 1. The van der Waals surface area contributed by atoms with E-state index < -0.39 is 0 Å². The fourth-order valence-corrected chi connectivity index (χ4v) is 3.63. The van der Waals surface area contributed by atoms with Crippen LogP contribution in [0.15, 0.2) is 24.3 Å². The number of carbonyl (C=O) groups is 1. The van der Waals surface area contributed by atoms with Crippen LogP contribution in [0.1, 0.15) is 56.3 Å². The van der Waals surface area contributed by atoms with E-state index in [1.165, 1.54) is 30.4 Å². The third-order valence-electron chi connectivity index (χ3n) is 5.09. The van der Waals surface area contributed by atoms with Crippen molar-refractivity contribution in [1.29, 1.82) is 0 Å². The molecule has 0 aromatic heterocycles. The minimum Gasteiger partial charge on any atom is -0.370 e. The number of morpholine rings is 1. The Labute approximate surface area is 133 Å². The fourth-order valence-electron chi connectivity index (χ4n) is 3.63. The molecule has 1 saturated carbocycles. The van der Waals surface area contributed by atoms with Gasteiger partial charge in [0, 0.05) is 12.5 Å². The van der Waals surface area contributed by atoms with Gasteiger partial charge in [0.05, 0.1) is 13.2 Å². The van der Waals surface area contributed by atoms with Crippen LogP contribution in [0.2, 0.25) is 0 Å². The molecule has 2 fully saturated rings. The highest BCUT2D eigenvalue weighted by Gasteiger charge is 2.30. The van der Waals surface area contributed by atoms with Gasteiger partial charge in [-0.1, -0.05) is 50.5 Å². The number of nitrogens with zero attached hydrogens (tertiary/aromatic N) is 1. The summed E-state index contributed by atoms with van der Waals surface area (Å²) >= 11 is 0. The van der Waals surface area contributed by atoms with Gasteiger partial charge in [0.25, 0.3) is 0 Å². The second kappa shape index (κ2) is 7.28. The first-order valence-electron chi connectivity index (χ1n) is 8.77. The second-order valence-electron chi connectivity index (χ2n) is 6.57. The maximum atomic E-state index is 12.7. The first kappa shape index (κ1) is 15.5. The van der Waals surface area contributed by atoms with Gasteiger partial charge >= 0.3 is 0 Å². The van der Waals surface area contributed by atoms with Crippen LogP contribution >= 0.6 is 0 Å². The number of hydrogen-bond acceptors (Lipinski definition) is 2. The van der Waals surface area contributed by atoms with Crippen LogP contribution in [0.4, 0.5) is 0 Å². The summed E-state index contributed by atoms with van der Waals surface area (Å²) in [7, 11) is 0. The normalized spacial score (nSPS) is 23.5. The van der Waals surface area contributed by atoms with E-state index in [-0.39, 0.29) is 12.0 Å². The second-order valence-corrected chi connectivity index (χ2v) is 6.57. The number of benzene rings is 1. The monoisotopic (exact) mass is 301 g/mol. The van der Waals surface area contributed by atoms with E-state index in [2.05, 4.69) is 31.2 Å². The van der Waals surface area contributed by atoms with Crippen LogP contribution in [0.25, 0.3) is 0 Å². The topological polar surface area (TPSA) is 29.5 Å². The van der Waals surface area contributed by atoms with Gasteiger partial charge in [-0.25, -0.2) is 0 Å². The van der Waals surface area contributed by atoms with Crippen molar-refractivity contribution in [2.75, 3.05) is 19.7 Å². The SMILES string of the molecule is CCc1ccc(C2CN(C(=O)C3CCCCC3)CCO2)cc1. The number of rotatable bonds is 3. The van der Waals surface area contributed by atoms with Crippen molar-refractivity contribution in [3.8, 4) is 0 Å². The lowest BCUT2D eigenvalue weighted by Gasteiger charge is -2.36. The van der Waals surface area contributed by atoms with Crippen molar-refractivity contribution < 1.29 is 9.53 Å². The zero-order valence-electron chi connectivity index (χ0n) is 13.6. The van der Waals surface area contributed by atoms with E-state index in [0.717, 1.165) is 25.8 Å². The number of hydrogen-bond donors (Lipinski definition) is 0. The van der Waals surface area contributed by atoms with Crippen LogP contribution in [0.5, 0.6) is 0 Å². The van der Waals surface area contributed by atoms with Crippen LogP contribution in [0.3, 0.4) is 0 Å². The Bertz CT molecular complexity index is 491. The molecule has 0 N–H and O–H groups in total. The zero-order chi connectivity index (χ0) is 15.4. The van der Waals surface area contributed by atoms with E-state index in [4.69, 9.17) is 4.74 Å². The summed E-state index contributed by atoms with van der Waals surface area (Å²) in [5, 5.41) is 0. The maximum Gasteiger partial charge on any atom is 0.225 e. The van der Waals surface area contributed by atoms with Crippen LogP contribution in [-0.4, -0.2) is 30.5 Å². The van der Waals surface area contributed by atoms with E-state index in [9.17, 15) is 4.79 Å². The average Bonchev–Trinajstić information content (AvgIpc) is 2.62. The van der Waals surface area contributed by atoms with Gasteiger partial charge in [0.15, 0.2) is 0 Å². The number of aryl methyl sites for hydroxylation is 1. The Kier molecular flexibility index (Phi) is 5.14. The Hall–Kier alpha value is -1.35. The summed E-state index contributed by atoms with van der Waals surface area (Å²) < 4.78 is 5.91. The molecule has 1 heterocycles. The van der Waals surface area contributed by atoms with E-state index >= 15 is 0 Å². The quantitative estimate of drug-likeness (QED) is 0.851. The molecule has 0 spiro atoms. The predicted octanol–water partition coefficient (Wildman–Crippen LogP) is 3.73. The van der Waals surface area contributed by atoms with Crippen molar-refractivity contribution in [3.05, 3.63) is 35.4 Å². The third kappa shape index (κ3) is 3.52. The lowest BCUT2D eigenvalue weighted by molar-refractivity contribution is -0.144. The molecule has 1 unspecified atom stereocenters. The van der Waals surface area contributed by atoms with Crippen LogP contribution in [0, 0.1) is 5.92 Å². The van der Waals surface area contributed by atoms with Gasteiger partial charge < -0.3 is 9.64 Å². The van der Waals surface area contributed by atoms with Gasteiger partial charge in [-0.2, -0.15) is 0 Å². The molecule has 1 aliphatic carbocycles. The van der Waals surface area contributed by atoms with Crippen LogP contribution in [-0.2, 0) is 16.0 Å². The Balaban J connectivity index is 1.64. The average molecular weight is 301 g/mol. The first-order valence-corrected chi connectivity index (χ1v) is 8.77. The minimum atomic E-state index is 0.0344. The van der Waals surface area contributed by atoms with E-state index in [1.807, 2.05) is 4.90 Å². The summed E-state index contributed by atoms with van der Waals surface area (Å²) in [6.07, 6.45) is 6.95. The molecule has 1 atom stereocenters. The van der Waals surface area contributed by atoms with Gasteiger partial charge in [0.2, 0.25) is 5.91 Å². The Morgan fingerprint density at radius 1 is 1.18 bits per heavy atom. The third-order valence-corrected chi connectivity index (χ3v) is 5.09. The van der Waals surface area contributed by atoms with Gasteiger partial charge in [-0.05, 0) is 30.4 Å². The lowest BCUT2D eigenvalue weighted by atomic mass is 9.88. The van der Waals surface area contributed by atoms with Crippen molar-refractivity contribution in [2.24, 2.45) is 5.92 Å². The Morgan fingerprint density at radius 2 is 1.91 bits per heavy atom. The Morgan fingerprint density at radius 3 is 2.59 bits per heavy atom. The summed E-state index contributed by atoms with van der Waals surface area (Å²) in [6, 6.07) is 8.64. The molecule has 120 valence electrons. The highest BCUT2D eigenvalue weighted by molar-refractivity contribution is 5.79. The molecule has 3 rings (SSSR count). The van der Waals surface area contributed by atoms with Gasteiger partial charge in [0.1, 0.15) is 6.10 Å². The smallest absolute Gasteiger partial charge is 0.225 e. The molecule has 2 aliphatic rings. The van der Waals surface area contributed by atoms with Gasteiger partial charge in [-0.15, -0.1) is 0 Å². The van der Waals surface area contributed by atoms with Crippen molar-refractivity contribution in [1.82, 2.24) is 4.90 Å². The zero-order valence-corrected chi connectivity index (χ0v) is 13.6. The molecule has 1 aliphatic heterocycles. The molecule has 0 bridgehead atoms. The van der Waals surface area contributed by atoms with Crippen LogP contribution < -0.4 is 0 Å². The minimum absolute atomic E-state index is 0.0344. The maximum absolute atomic E-state index is 12.7. The number of carbonyl (C=O) groups excluding carboxylic acids is 1. The predicted molar refractivity (Wildman–Crippen MR) is 87.7 cm³/mol. The summed E-state index contributed by atoms with van der Waals surface area (Å²) in [5.74, 6) is 0.619. The molecule has 22 heavy (non-hydrogen) atoms. The highest BCUT2D eigenvalue weighted by atomic mass is 16.5. The molecule has 1 amide bonds. The highest BCUT2D eigenvalue weighted by Crippen LogP contribution is 2.28. The summed E-state index contributed by atoms with van der Waals surface area (Å²) in [4.78, 5) is 14.7. The molecule has 1 aromatic carbocycles. The molecule has 3 heteroatoms. The summed E-state index contributed by atoms with van der Waals surface area (Å²) in [5.41, 5.74) is 2.54.